The minimum absolute atomic E-state index is 0.0139. The van der Waals surface area contributed by atoms with Crippen molar-refractivity contribution in [1.29, 1.82) is 0 Å². The van der Waals surface area contributed by atoms with E-state index in [0.717, 1.165) is 4.68 Å². The topological polar surface area (TPSA) is 137 Å². The Hall–Kier alpha value is -2.76. The van der Waals surface area contributed by atoms with Gasteiger partial charge in [0.05, 0.1) is 15.8 Å². The zero-order chi connectivity index (χ0) is 19.6. The monoisotopic (exact) mass is 408 g/mol. The lowest BCUT2D eigenvalue weighted by molar-refractivity contribution is -0.122. The summed E-state index contributed by atoms with van der Waals surface area (Å²) in [4.78, 5) is 24.7. The van der Waals surface area contributed by atoms with Gasteiger partial charge in [0.15, 0.2) is 0 Å². The highest BCUT2D eigenvalue weighted by Crippen LogP contribution is 2.21. The van der Waals surface area contributed by atoms with E-state index in [2.05, 4.69) is 10.4 Å². The second-order valence-electron chi connectivity index (χ2n) is 5.71. The molecule has 0 unspecified atom stereocenters. The quantitative estimate of drug-likeness (QED) is 0.626. The van der Waals surface area contributed by atoms with Crippen LogP contribution >= 0.6 is 11.3 Å². The van der Waals surface area contributed by atoms with Gasteiger partial charge in [0.25, 0.3) is 5.89 Å². The van der Waals surface area contributed by atoms with E-state index in [1.54, 1.807) is 31.2 Å². The summed E-state index contributed by atoms with van der Waals surface area (Å²) in [6.45, 7) is 1.43. The molecule has 0 aliphatic heterocycles. The maximum atomic E-state index is 12.2. The molecule has 3 aromatic rings. The Kier molecular flexibility index (Phi) is 5.26. The number of nitrogens with one attached hydrogen (secondary N) is 1. The Morgan fingerprint density at radius 3 is 2.63 bits per heavy atom. The average Bonchev–Trinajstić information content (AvgIpc) is 3.24. The standard InChI is InChI=1S/C16H16N4O5S2/c1-10(11-4-6-12(7-5-11)27(17,23)24)18-14(21)9-20-16(22)25-15(19-20)13-3-2-8-26-13/h2-8,10H,9H2,1H3,(H,18,21)(H2,17,23,24)/t10-/m0/s1. The number of carbonyl (C=O) groups is 1. The van der Waals surface area contributed by atoms with Gasteiger partial charge in [-0.3, -0.25) is 4.79 Å². The number of hydrogen-bond donors (Lipinski definition) is 2. The molecule has 11 heteroatoms. The Bertz CT molecular complexity index is 1100. The second kappa shape index (κ2) is 7.47. The number of nitrogens with zero attached hydrogens (tertiary/aromatic N) is 2. The Morgan fingerprint density at radius 2 is 2.04 bits per heavy atom. The van der Waals surface area contributed by atoms with Crippen molar-refractivity contribution >= 4 is 27.3 Å². The van der Waals surface area contributed by atoms with Crippen molar-refractivity contribution in [3.8, 4) is 10.8 Å². The molecule has 2 aromatic heterocycles. The molecule has 1 aromatic carbocycles. The second-order valence-corrected chi connectivity index (χ2v) is 8.22. The molecule has 0 fully saturated rings. The Morgan fingerprint density at radius 1 is 1.33 bits per heavy atom. The van der Waals surface area contributed by atoms with E-state index < -0.39 is 27.7 Å². The predicted molar refractivity (Wildman–Crippen MR) is 98.4 cm³/mol. The van der Waals surface area contributed by atoms with E-state index in [4.69, 9.17) is 9.56 Å². The SMILES string of the molecule is C[C@H](NC(=O)Cn1nc(-c2cccs2)oc1=O)c1ccc(S(N)(=O)=O)cc1. The summed E-state index contributed by atoms with van der Waals surface area (Å²) in [7, 11) is -3.77. The number of sulfonamides is 1. The third kappa shape index (κ3) is 4.51. The highest BCUT2D eigenvalue weighted by atomic mass is 32.2. The van der Waals surface area contributed by atoms with E-state index in [0.29, 0.717) is 10.4 Å². The molecule has 3 N–H and O–H groups in total. The molecular weight excluding hydrogens is 392 g/mol. The molecule has 27 heavy (non-hydrogen) atoms. The first-order valence-corrected chi connectivity index (χ1v) is 10.2. The van der Waals surface area contributed by atoms with Crippen LogP contribution in [0.4, 0.5) is 0 Å². The van der Waals surface area contributed by atoms with E-state index in [9.17, 15) is 18.0 Å². The fourth-order valence-electron chi connectivity index (χ4n) is 2.36. The molecule has 0 radical (unpaired) electrons. The number of hydrogen-bond acceptors (Lipinski definition) is 7. The van der Waals surface area contributed by atoms with Gasteiger partial charge in [0, 0.05) is 0 Å². The molecule has 0 saturated heterocycles. The molecule has 1 atom stereocenters. The molecule has 0 aliphatic carbocycles. The molecule has 9 nitrogen and oxygen atoms in total. The van der Waals surface area contributed by atoms with Crippen molar-refractivity contribution in [2.75, 3.05) is 0 Å². The first kappa shape index (κ1) is 19.0. The lowest BCUT2D eigenvalue weighted by Gasteiger charge is -2.14. The first-order valence-electron chi connectivity index (χ1n) is 7.78. The number of nitrogens with two attached hydrogens (primary N) is 1. The first-order chi connectivity index (χ1) is 12.7. The van der Waals surface area contributed by atoms with Gasteiger partial charge in [-0.25, -0.2) is 18.4 Å². The summed E-state index contributed by atoms with van der Waals surface area (Å²) in [5.74, 6) is -1.00. The third-order valence-corrected chi connectivity index (χ3v) is 5.50. The number of aromatic nitrogens is 2. The minimum atomic E-state index is -3.77. The van der Waals surface area contributed by atoms with Crippen LogP contribution in [0.25, 0.3) is 10.8 Å². The Labute approximate surface area is 158 Å². The van der Waals surface area contributed by atoms with Crippen LogP contribution in [0.2, 0.25) is 0 Å². The van der Waals surface area contributed by atoms with Gasteiger partial charge < -0.3 is 9.73 Å². The number of rotatable bonds is 6. The van der Waals surface area contributed by atoms with Crippen LogP contribution in [0.5, 0.6) is 0 Å². The summed E-state index contributed by atoms with van der Waals surface area (Å²) in [5, 5.41) is 13.6. The largest absolute Gasteiger partial charge is 0.437 e. The van der Waals surface area contributed by atoms with Crippen molar-refractivity contribution in [2.45, 2.75) is 24.4 Å². The van der Waals surface area contributed by atoms with Gasteiger partial charge in [-0.1, -0.05) is 18.2 Å². The summed E-state index contributed by atoms with van der Waals surface area (Å²) < 4.78 is 28.5. The molecule has 3 rings (SSSR count). The molecule has 0 aliphatic rings. The average molecular weight is 408 g/mol. The van der Waals surface area contributed by atoms with Gasteiger partial charge in [-0.05, 0) is 36.1 Å². The Balaban J connectivity index is 1.66. The third-order valence-electron chi connectivity index (χ3n) is 3.72. The van der Waals surface area contributed by atoms with Crippen LogP contribution in [0.15, 0.2) is 55.9 Å². The van der Waals surface area contributed by atoms with Crippen LogP contribution < -0.4 is 16.2 Å². The van der Waals surface area contributed by atoms with Crippen molar-refractivity contribution in [2.24, 2.45) is 5.14 Å². The van der Waals surface area contributed by atoms with Crippen LogP contribution in [0.3, 0.4) is 0 Å². The van der Waals surface area contributed by atoms with E-state index in [1.165, 1.54) is 23.5 Å². The molecule has 2 heterocycles. The maximum Gasteiger partial charge on any atom is 0.437 e. The molecule has 1 amide bonds. The van der Waals surface area contributed by atoms with Gasteiger partial charge in [0.1, 0.15) is 6.54 Å². The van der Waals surface area contributed by atoms with E-state index in [-0.39, 0.29) is 17.3 Å². The summed E-state index contributed by atoms with van der Waals surface area (Å²) >= 11 is 1.37. The van der Waals surface area contributed by atoms with Crippen molar-refractivity contribution in [3.05, 3.63) is 57.9 Å². The molecule has 0 saturated carbocycles. The lowest BCUT2D eigenvalue weighted by atomic mass is 10.1. The van der Waals surface area contributed by atoms with E-state index in [1.807, 2.05) is 5.38 Å². The van der Waals surface area contributed by atoms with Crippen LogP contribution in [-0.4, -0.2) is 24.1 Å². The summed E-state index contributed by atoms with van der Waals surface area (Å²) in [6, 6.07) is 8.99. The van der Waals surface area contributed by atoms with Gasteiger partial charge in [0.2, 0.25) is 15.9 Å². The summed E-state index contributed by atoms with van der Waals surface area (Å²) in [6.07, 6.45) is 0. The normalized spacial score (nSPS) is 12.7. The number of primary sulfonamides is 1. The molecule has 142 valence electrons. The summed E-state index contributed by atoms with van der Waals surface area (Å²) in [5.41, 5.74) is 0.683. The van der Waals surface area contributed by atoms with Gasteiger partial charge >= 0.3 is 5.76 Å². The van der Waals surface area contributed by atoms with Gasteiger partial charge in [-0.15, -0.1) is 16.4 Å². The number of amides is 1. The minimum Gasteiger partial charge on any atom is -0.387 e. The smallest absolute Gasteiger partial charge is 0.387 e. The predicted octanol–water partition coefficient (Wildman–Crippen LogP) is 1.09. The van der Waals surface area contributed by atoms with Crippen molar-refractivity contribution in [3.63, 3.8) is 0 Å². The van der Waals surface area contributed by atoms with Crippen LogP contribution in [0, 0.1) is 0 Å². The van der Waals surface area contributed by atoms with Crippen molar-refractivity contribution < 1.29 is 17.6 Å². The number of thiophene rings is 1. The van der Waals surface area contributed by atoms with Gasteiger partial charge in [-0.2, -0.15) is 4.68 Å². The number of benzene rings is 1. The lowest BCUT2D eigenvalue weighted by Crippen LogP contribution is -2.33. The fourth-order valence-corrected chi connectivity index (χ4v) is 3.52. The maximum absolute atomic E-state index is 12.2. The zero-order valence-electron chi connectivity index (χ0n) is 14.2. The fraction of sp³-hybridized carbons (Fsp3) is 0.188. The van der Waals surface area contributed by atoms with E-state index >= 15 is 0 Å². The number of carbonyl (C=O) groups excluding carboxylic acids is 1. The molecular formula is C16H16N4O5S2. The molecule has 0 bridgehead atoms. The van der Waals surface area contributed by atoms with Crippen LogP contribution in [-0.2, 0) is 21.4 Å². The zero-order valence-corrected chi connectivity index (χ0v) is 15.8. The highest BCUT2D eigenvalue weighted by molar-refractivity contribution is 7.89. The molecule has 0 spiro atoms. The van der Waals surface area contributed by atoms with Crippen molar-refractivity contribution in [1.82, 2.24) is 15.1 Å². The highest BCUT2D eigenvalue weighted by Gasteiger charge is 2.16. The van der Waals surface area contributed by atoms with Crippen LogP contribution in [0.1, 0.15) is 18.5 Å².